The summed E-state index contributed by atoms with van der Waals surface area (Å²) in [4.78, 5) is 0. The number of hydrogen-bond acceptors (Lipinski definition) is 4. The summed E-state index contributed by atoms with van der Waals surface area (Å²) in [6.07, 6.45) is 6.67. The Morgan fingerprint density at radius 1 is 0.818 bits per heavy atom. The zero-order valence-corrected chi connectivity index (χ0v) is 18.1. The molecular weight excluding hydrogens is 332 g/mol. The Morgan fingerprint density at radius 3 is 1.45 bits per heavy atom. The summed E-state index contributed by atoms with van der Waals surface area (Å²) >= 11 is -4.62. The van der Waals surface area contributed by atoms with Crippen molar-refractivity contribution in [2.45, 2.75) is 104 Å². The van der Waals surface area contributed by atoms with Crippen molar-refractivity contribution < 1.29 is 31.8 Å². The summed E-state index contributed by atoms with van der Waals surface area (Å²) < 4.78 is 32.5. The molecule has 0 spiro atoms. The standard InChI is InChI=1S/C12H27OSi.C4H9O.2H2O.Ti/c1-4-7-10-14(13,11-8-5-2)12-9-6-3;1-4(2,3)5;;;/h4-12H2,1-3H3;1-3H3;2*1H2;/q2*-1;;;+4/p-2. The molecule has 0 saturated carbocycles. The number of rotatable bonds is 12. The van der Waals surface area contributed by atoms with E-state index in [1.165, 1.54) is 0 Å². The van der Waals surface area contributed by atoms with E-state index in [-0.39, 0.29) is 0 Å². The fraction of sp³-hybridized carbons (Fsp3) is 1.00. The molecule has 0 amide bonds. The second-order valence-corrected chi connectivity index (χ2v) is 14.4. The molecule has 0 unspecified atom stereocenters. The van der Waals surface area contributed by atoms with Gasteiger partial charge in [-0.3, -0.25) is 0 Å². The predicted octanol–water partition coefficient (Wildman–Crippen LogP) is 4.96. The van der Waals surface area contributed by atoms with Crippen molar-refractivity contribution in [2.75, 3.05) is 0 Å². The third-order valence-corrected chi connectivity index (χ3v) is 12.9. The Kier molecular flexibility index (Phi) is 11.0. The zero-order valence-electron chi connectivity index (χ0n) is 15.6. The van der Waals surface area contributed by atoms with Crippen molar-refractivity contribution in [1.82, 2.24) is 0 Å². The molecule has 2 N–H and O–H groups in total. The van der Waals surface area contributed by atoms with Crippen LogP contribution in [0.1, 0.15) is 80.1 Å². The van der Waals surface area contributed by atoms with Crippen LogP contribution in [-0.4, -0.2) is 21.3 Å². The molecule has 0 aromatic rings. The minimum atomic E-state index is -4.62. The Bertz CT molecular complexity index is 271. The van der Waals surface area contributed by atoms with Crippen LogP contribution >= 0.6 is 0 Å². The fourth-order valence-electron chi connectivity index (χ4n) is 2.73. The summed E-state index contributed by atoms with van der Waals surface area (Å²) in [5, 5.41) is 0. The van der Waals surface area contributed by atoms with E-state index in [9.17, 15) is 7.38 Å². The fourth-order valence-corrected chi connectivity index (χ4v) is 12.9. The first-order chi connectivity index (χ1) is 10.1. The van der Waals surface area contributed by atoms with Gasteiger partial charge in [0.05, 0.1) is 0 Å². The molecule has 4 nitrogen and oxygen atoms in total. The van der Waals surface area contributed by atoms with Gasteiger partial charge in [-0.2, -0.15) is 0 Å². The van der Waals surface area contributed by atoms with Gasteiger partial charge in [0.25, 0.3) is 0 Å². The second-order valence-electron chi connectivity index (χ2n) is 7.36. The van der Waals surface area contributed by atoms with Crippen LogP contribution in [0.2, 0.25) is 18.1 Å². The van der Waals surface area contributed by atoms with E-state index < -0.39 is 32.1 Å². The molecule has 0 aliphatic rings. The average molecular weight is 370 g/mol. The van der Waals surface area contributed by atoms with Crippen molar-refractivity contribution >= 4 is 8.32 Å². The van der Waals surface area contributed by atoms with Crippen molar-refractivity contribution in [3.63, 3.8) is 0 Å². The van der Waals surface area contributed by atoms with Gasteiger partial charge in [0, 0.05) is 0 Å². The van der Waals surface area contributed by atoms with Gasteiger partial charge >= 0.3 is 144 Å². The van der Waals surface area contributed by atoms with E-state index in [1.54, 1.807) is 0 Å². The average Bonchev–Trinajstić information content (AvgIpc) is 2.37. The first kappa shape index (κ1) is 22.8. The normalized spacial score (nSPS) is 13.6. The molecule has 0 aliphatic carbocycles. The van der Waals surface area contributed by atoms with E-state index in [1.807, 2.05) is 20.8 Å². The molecule has 0 fully saturated rings. The summed E-state index contributed by atoms with van der Waals surface area (Å²) in [7, 11) is -2.14. The number of hydrogen-bond donors (Lipinski definition) is 2. The molecule has 0 radical (unpaired) electrons. The molecule has 0 saturated heterocycles. The minimum absolute atomic E-state index is 0.579. The topological polar surface area (TPSA) is 58.9 Å². The molecular formula is C16H38O4SiTi. The van der Waals surface area contributed by atoms with Crippen molar-refractivity contribution in [1.29, 1.82) is 0 Å². The van der Waals surface area contributed by atoms with Gasteiger partial charge in [-0.15, -0.1) is 0 Å². The van der Waals surface area contributed by atoms with Crippen molar-refractivity contribution in [3.8, 4) is 0 Å². The van der Waals surface area contributed by atoms with Crippen LogP contribution in [0.15, 0.2) is 0 Å². The first-order valence-electron chi connectivity index (χ1n) is 8.95. The Morgan fingerprint density at radius 2 is 1.18 bits per heavy atom. The van der Waals surface area contributed by atoms with Crippen LogP contribution < -0.4 is 0 Å². The molecule has 0 rings (SSSR count). The third-order valence-electron chi connectivity index (χ3n) is 3.75. The third kappa shape index (κ3) is 10.5. The summed E-state index contributed by atoms with van der Waals surface area (Å²) in [5.41, 5.74) is -0.579. The summed E-state index contributed by atoms with van der Waals surface area (Å²) in [6, 6.07) is 3.06. The molecule has 0 bridgehead atoms. The van der Waals surface area contributed by atoms with E-state index in [2.05, 4.69) is 20.8 Å². The molecule has 0 aromatic carbocycles. The molecule has 22 heavy (non-hydrogen) atoms. The number of unbranched alkanes of at least 4 members (excludes halogenated alkanes) is 3. The molecule has 0 aliphatic heterocycles. The van der Waals surface area contributed by atoms with E-state index in [0.717, 1.165) is 56.7 Å². The molecule has 6 heteroatoms. The van der Waals surface area contributed by atoms with Crippen molar-refractivity contribution in [2.24, 2.45) is 0 Å². The zero-order chi connectivity index (χ0) is 17.3. The molecule has 134 valence electrons. The molecule has 0 aromatic heterocycles. The van der Waals surface area contributed by atoms with Crippen LogP contribution in [0.3, 0.4) is 0 Å². The Balaban J connectivity index is 5.12. The van der Waals surface area contributed by atoms with Crippen LogP contribution in [0.4, 0.5) is 0 Å². The molecule has 0 atom stereocenters. The van der Waals surface area contributed by atoms with Gasteiger partial charge in [0.2, 0.25) is 0 Å². The van der Waals surface area contributed by atoms with E-state index in [4.69, 9.17) is 6.33 Å². The van der Waals surface area contributed by atoms with Gasteiger partial charge < -0.3 is 0 Å². The molecule has 0 heterocycles. The second kappa shape index (κ2) is 10.6. The summed E-state index contributed by atoms with van der Waals surface area (Å²) in [6.45, 7) is 12.1. The van der Waals surface area contributed by atoms with Crippen LogP contribution in [0.25, 0.3) is 0 Å². The van der Waals surface area contributed by atoms with Crippen molar-refractivity contribution in [3.05, 3.63) is 0 Å². The quantitative estimate of drug-likeness (QED) is 0.477. The van der Waals surface area contributed by atoms with Gasteiger partial charge in [-0.25, -0.2) is 0 Å². The van der Waals surface area contributed by atoms with Gasteiger partial charge in [-0.1, -0.05) is 0 Å². The monoisotopic (exact) mass is 370 g/mol. The maximum atomic E-state index is 10.4. The van der Waals surface area contributed by atoms with Gasteiger partial charge in [0.1, 0.15) is 0 Å². The van der Waals surface area contributed by atoms with E-state index >= 15 is 0 Å². The van der Waals surface area contributed by atoms with Gasteiger partial charge in [-0.05, 0) is 0 Å². The maximum absolute atomic E-state index is 10.4. The van der Waals surface area contributed by atoms with Crippen LogP contribution in [-0.2, 0) is 24.5 Å². The SMILES string of the molecule is CCCC[Si](CCCC)(CCCC)[O][Ti]([OH])([OH])[O]C(C)(C)C. The predicted molar refractivity (Wildman–Crippen MR) is 91.3 cm³/mol. The van der Waals surface area contributed by atoms with Crippen LogP contribution in [0.5, 0.6) is 0 Å². The Hall–Kier alpha value is 0.771. The summed E-state index contributed by atoms with van der Waals surface area (Å²) in [5.74, 6) is 0. The van der Waals surface area contributed by atoms with Gasteiger partial charge in [0.15, 0.2) is 0 Å². The Labute approximate surface area is 144 Å². The van der Waals surface area contributed by atoms with Crippen LogP contribution in [0, 0.1) is 0 Å². The first-order valence-corrected chi connectivity index (χ1v) is 14.1. The van der Waals surface area contributed by atoms with E-state index in [0.29, 0.717) is 0 Å².